The van der Waals surface area contributed by atoms with E-state index in [4.69, 9.17) is 9.47 Å². The molecule has 0 spiro atoms. The highest BCUT2D eigenvalue weighted by Crippen LogP contribution is 2.08. The Bertz CT molecular complexity index is 422. The number of amides is 1. The molecule has 0 aliphatic carbocycles. The zero-order chi connectivity index (χ0) is 15.5. The number of carbonyl (C=O) groups excluding carboxylic acids is 1. The summed E-state index contributed by atoms with van der Waals surface area (Å²) in [6, 6.07) is 9.20. The van der Waals surface area contributed by atoms with Crippen molar-refractivity contribution in [2.24, 2.45) is 0 Å². The molecule has 1 amide bonds. The van der Waals surface area contributed by atoms with Crippen LogP contribution < -0.4 is 10.1 Å². The number of hydrogen-bond acceptors (Lipinski definition) is 4. The van der Waals surface area contributed by atoms with Gasteiger partial charge in [-0.15, -0.1) is 6.58 Å². The summed E-state index contributed by atoms with van der Waals surface area (Å²) in [5.74, 6) is 0.432. The molecule has 116 valence electrons. The second kappa shape index (κ2) is 9.96. The van der Waals surface area contributed by atoms with Gasteiger partial charge in [-0.05, 0) is 25.5 Å². The summed E-state index contributed by atoms with van der Waals surface area (Å²) in [5, 5.41) is 12.4. The van der Waals surface area contributed by atoms with E-state index in [9.17, 15) is 9.90 Å². The Morgan fingerprint density at radius 1 is 1.43 bits per heavy atom. The van der Waals surface area contributed by atoms with Crippen LogP contribution in [0.4, 0.5) is 0 Å². The predicted molar refractivity (Wildman–Crippen MR) is 81.2 cm³/mol. The van der Waals surface area contributed by atoms with Gasteiger partial charge in [-0.2, -0.15) is 0 Å². The summed E-state index contributed by atoms with van der Waals surface area (Å²) in [6.45, 7) is 5.95. The van der Waals surface area contributed by atoms with E-state index in [0.717, 1.165) is 0 Å². The molecule has 5 nitrogen and oxygen atoms in total. The fourth-order valence-corrected chi connectivity index (χ4v) is 1.53. The molecule has 21 heavy (non-hydrogen) atoms. The smallest absolute Gasteiger partial charge is 0.248 e. The Hall–Kier alpha value is -1.85. The second-order valence-electron chi connectivity index (χ2n) is 4.61. The average molecular weight is 293 g/mol. The highest BCUT2D eigenvalue weighted by molar-refractivity contribution is 5.80. The van der Waals surface area contributed by atoms with Crippen LogP contribution in [0.3, 0.4) is 0 Å². The predicted octanol–water partition coefficient (Wildman–Crippen LogP) is 1.52. The van der Waals surface area contributed by atoms with Crippen molar-refractivity contribution in [1.29, 1.82) is 0 Å². The van der Waals surface area contributed by atoms with E-state index in [0.29, 0.717) is 18.8 Å². The molecule has 2 atom stereocenters. The van der Waals surface area contributed by atoms with Crippen LogP contribution in [0.25, 0.3) is 0 Å². The average Bonchev–Trinajstić information content (AvgIpc) is 2.51. The molecule has 0 radical (unpaired) electrons. The van der Waals surface area contributed by atoms with E-state index >= 15 is 0 Å². The number of ether oxygens (including phenoxy) is 2. The molecule has 0 heterocycles. The molecule has 0 saturated heterocycles. The number of para-hydroxylation sites is 1. The molecule has 0 aliphatic heterocycles. The molecule has 5 heteroatoms. The molecule has 0 aliphatic rings. The van der Waals surface area contributed by atoms with E-state index in [-0.39, 0.29) is 19.1 Å². The summed E-state index contributed by atoms with van der Waals surface area (Å²) in [6.07, 6.45) is 1.11. The largest absolute Gasteiger partial charge is 0.491 e. The number of benzene rings is 1. The lowest BCUT2D eigenvalue weighted by Gasteiger charge is -2.16. The number of hydrogen-bond donors (Lipinski definition) is 2. The quantitative estimate of drug-likeness (QED) is 0.507. The van der Waals surface area contributed by atoms with E-state index < -0.39 is 12.2 Å². The van der Waals surface area contributed by atoms with E-state index in [2.05, 4.69) is 11.9 Å². The number of carbonyl (C=O) groups is 1. The standard InChI is InChI=1S/C16H23NO4/c1-3-4-10-20-13(2)16(19)17-11-14(18)12-21-15-8-6-5-7-9-15/h3,5-9,13-14,18H,1,4,10-12H2,2H3,(H,17,19). The van der Waals surface area contributed by atoms with Crippen LogP contribution in [-0.2, 0) is 9.53 Å². The molecule has 1 aromatic carbocycles. The molecule has 0 bridgehead atoms. The first kappa shape index (κ1) is 17.2. The maximum atomic E-state index is 11.7. The Kier molecular flexibility index (Phi) is 8.16. The van der Waals surface area contributed by atoms with Crippen LogP contribution in [0.2, 0.25) is 0 Å². The minimum absolute atomic E-state index is 0.121. The van der Waals surface area contributed by atoms with Gasteiger partial charge in [0.25, 0.3) is 0 Å². The van der Waals surface area contributed by atoms with Gasteiger partial charge in [0, 0.05) is 6.54 Å². The lowest BCUT2D eigenvalue weighted by Crippen LogP contribution is -2.40. The van der Waals surface area contributed by atoms with E-state index in [1.54, 1.807) is 25.1 Å². The SMILES string of the molecule is C=CCCOC(C)C(=O)NCC(O)COc1ccccc1. The first-order valence-corrected chi connectivity index (χ1v) is 6.99. The summed E-state index contributed by atoms with van der Waals surface area (Å²) < 4.78 is 10.7. The van der Waals surface area contributed by atoms with Crippen molar-refractivity contribution in [3.05, 3.63) is 43.0 Å². The lowest BCUT2D eigenvalue weighted by molar-refractivity contribution is -0.132. The van der Waals surface area contributed by atoms with Gasteiger partial charge in [-0.25, -0.2) is 0 Å². The fourth-order valence-electron chi connectivity index (χ4n) is 1.53. The van der Waals surface area contributed by atoms with Crippen LogP contribution >= 0.6 is 0 Å². The molecular weight excluding hydrogens is 270 g/mol. The molecule has 1 aromatic rings. The lowest BCUT2D eigenvalue weighted by atomic mass is 10.3. The Morgan fingerprint density at radius 2 is 2.14 bits per heavy atom. The zero-order valence-corrected chi connectivity index (χ0v) is 12.3. The van der Waals surface area contributed by atoms with Crippen molar-refractivity contribution in [1.82, 2.24) is 5.32 Å². The first-order chi connectivity index (χ1) is 10.1. The zero-order valence-electron chi connectivity index (χ0n) is 12.3. The van der Waals surface area contributed by atoms with Crippen molar-refractivity contribution in [3.8, 4) is 5.75 Å². The third-order valence-corrected chi connectivity index (χ3v) is 2.76. The van der Waals surface area contributed by atoms with Gasteiger partial charge in [0.15, 0.2) is 0 Å². The third kappa shape index (κ3) is 7.48. The minimum atomic E-state index is -0.769. The van der Waals surface area contributed by atoms with Crippen LogP contribution in [0.5, 0.6) is 5.75 Å². The van der Waals surface area contributed by atoms with Gasteiger partial charge < -0.3 is 19.9 Å². The Balaban J connectivity index is 2.18. The van der Waals surface area contributed by atoms with Crippen molar-refractivity contribution >= 4 is 5.91 Å². The normalized spacial score (nSPS) is 13.2. The summed E-state index contributed by atoms with van der Waals surface area (Å²) in [4.78, 5) is 11.7. The molecule has 2 N–H and O–H groups in total. The second-order valence-corrected chi connectivity index (χ2v) is 4.61. The van der Waals surface area contributed by atoms with Crippen molar-refractivity contribution < 1.29 is 19.4 Å². The van der Waals surface area contributed by atoms with Gasteiger partial charge in [0.2, 0.25) is 5.91 Å². The van der Waals surface area contributed by atoms with E-state index in [1.165, 1.54) is 0 Å². The Labute approximate surface area is 125 Å². The topological polar surface area (TPSA) is 67.8 Å². The molecule has 0 saturated carbocycles. The van der Waals surface area contributed by atoms with Gasteiger partial charge in [-0.1, -0.05) is 24.3 Å². The third-order valence-electron chi connectivity index (χ3n) is 2.76. The highest BCUT2D eigenvalue weighted by Gasteiger charge is 2.14. The van der Waals surface area contributed by atoms with Crippen molar-refractivity contribution in [2.45, 2.75) is 25.6 Å². The van der Waals surface area contributed by atoms with Crippen molar-refractivity contribution in [2.75, 3.05) is 19.8 Å². The maximum absolute atomic E-state index is 11.7. The molecular formula is C16H23NO4. The van der Waals surface area contributed by atoms with Crippen LogP contribution in [0.15, 0.2) is 43.0 Å². The number of nitrogens with one attached hydrogen (secondary N) is 1. The summed E-state index contributed by atoms with van der Waals surface area (Å²) in [7, 11) is 0. The van der Waals surface area contributed by atoms with Gasteiger partial charge in [0.05, 0.1) is 6.61 Å². The molecule has 2 unspecified atom stereocenters. The fraction of sp³-hybridized carbons (Fsp3) is 0.438. The van der Waals surface area contributed by atoms with Gasteiger partial charge in [0.1, 0.15) is 24.6 Å². The maximum Gasteiger partial charge on any atom is 0.248 e. The summed E-state index contributed by atoms with van der Waals surface area (Å²) in [5.41, 5.74) is 0. The van der Waals surface area contributed by atoms with Gasteiger partial charge >= 0.3 is 0 Å². The highest BCUT2D eigenvalue weighted by atomic mass is 16.5. The van der Waals surface area contributed by atoms with Crippen LogP contribution in [0.1, 0.15) is 13.3 Å². The molecule has 0 aromatic heterocycles. The number of aliphatic hydroxyl groups is 1. The van der Waals surface area contributed by atoms with Crippen LogP contribution in [0, 0.1) is 0 Å². The summed E-state index contributed by atoms with van der Waals surface area (Å²) >= 11 is 0. The van der Waals surface area contributed by atoms with E-state index in [1.807, 2.05) is 18.2 Å². The van der Waals surface area contributed by atoms with Gasteiger partial charge in [-0.3, -0.25) is 4.79 Å². The molecule has 1 rings (SSSR count). The van der Waals surface area contributed by atoms with Crippen molar-refractivity contribution in [3.63, 3.8) is 0 Å². The Morgan fingerprint density at radius 3 is 2.81 bits per heavy atom. The first-order valence-electron chi connectivity index (χ1n) is 6.99. The monoisotopic (exact) mass is 293 g/mol. The minimum Gasteiger partial charge on any atom is -0.491 e. The number of aliphatic hydroxyl groups excluding tert-OH is 1. The number of rotatable bonds is 10. The molecule has 0 fully saturated rings. The van der Waals surface area contributed by atoms with Crippen LogP contribution in [-0.4, -0.2) is 43.0 Å².